The van der Waals surface area contributed by atoms with Gasteiger partial charge in [0.15, 0.2) is 5.82 Å². The Kier molecular flexibility index (Phi) is 2.83. The van der Waals surface area contributed by atoms with E-state index in [-0.39, 0.29) is 11.7 Å². The van der Waals surface area contributed by atoms with Crippen molar-refractivity contribution < 1.29 is 13.7 Å². The molecule has 0 spiro atoms. The number of nitrogens with zero attached hydrogens (tertiary/aromatic N) is 2. The van der Waals surface area contributed by atoms with Crippen LogP contribution in [-0.4, -0.2) is 23.4 Å². The average molecular weight is 248 g/mol. The van der Waals surface area contributed by atoms with E-state index in [1.807, 2.05) is 6.92 Å². The van der Waals surface area contributed by atoms with Crippen LogP contribution in [0.2, 0.25) is 0 Å². The number of aryl methyl sites for hydroxylation is 1. The first-order chi connectivity index (χ1) is 8.74. The zero-order valence-corrected chi connectivity index (χ0v) is 10.0. The summed E-state index contributed by atoms with van der Waals surface area (Å²) in [6.45, 7) is 3.20. The Hall–Kier alpha value is -1.75. The molecule has 1 aliphatic heterocycles. The van der Waals surface area contributed by atoms with Crippen LogP contribution in [0.3, 0.4) is 0 Å². The molecule has 5 heteroatoms. The molecular formula is C13H13FN2O2. The van der Waals surface area contributed by atoms with Gasteiger partial charge in [0.25, 0.3) is 5.89 Å². The van der Waals surface area contributed by atoms with E-state index in [1.165, 1.54) is 12.1 Å². The van der Waals surface area contributed by atoms with E-state index >= 15 is 0 Å². The fraction of sp³-hybridized carbons (Fsp3) is 0.385. The van der Waals surface area contributed by atoms with Gasteiger partial charge in [-0.15, -0.1) is 0 Å². The SMILES string of the molecule is Cc1cc(F)ccc1-c1nc([C@@H]2CCOC2)no1. The van der Waals surface area contributed by atoms with Crippen LogP contribution in [0.4, 0.5) is 4.39 Å². The molecule has 0 unspecified atom stereocenters. The Morgan fingerprint density at radius 3 is 3.00 bits per heavy atom. The van der Waals surface area contributed by atoms with Gasteiger partial charge in [-0.1, -0.05) is 5.16 Å². The van der Waals surface area contributed by atoms with E-state index in [4.69, 9.17) is 9.26 Å². The van der Waals surface area contributed by atoms with Crippen LogP contribution in [0, 0.1) is 12.7 Å². The van der Waals surface area contributed by atoms with Gasteiger partial charge in [-0.25, -0.2) is 4.39 Å². The summed E-state index contributed by atoms with van der Waals surface area (Å²) in [4.78, 5) is 4.37. The summed E-state index contributed by atoms with van der Waals surface area (Å²) in [5, 5.41) is 3.98. The van der Waals surface area contributed by atoms with Crippen LogP contribution in [0.25, 0.3) is 11.5 Å². The average Bonchev–Trinajstić information content (AvgIpc) is 2.99. The first kappa shape index (κ1) is 11.3. The molecule has 4 nitrogen and oxygen atoms in total. The molecule has 2 aromatic rings. The van der Waals surface area contributed by atoms with Gasteiger partial charge in [-0.2, -0.15) is 4.98 Å². The van der Waals surface area contributed by atoms with Crippen LogP contribution >= 0.6 is 0 Å². The second-order valence-corrected chi connectivity index (χ2v) is 4.48. The van der Waals surface area contributed by atoms with Gasteiger partial charge in [-0.3, -0.25) is 0 Å². The summed E-state index contributed by atoms with van der Waals surface area (Å²) in [6, 6.07) is 4.51. The zero-order valence-electron chi connectivity index (χ0n) is 10.0. The monoisotopic (exact) mass is 248 g/mol. The third-order valence-corrected chi connectivity index (χ3v) is 3.16. The van der Waals surface area contributed by atoms with Gasteiger partial charge >= 0.3 is 0 Å². The van der Waals surface area contributed by atoms with Gasteiger partial charge in [0, 0.05) is 18.1 Å². The number of halogens is 1. The molecule has 2 heterocycles. The van der Waals surface area contributed by atoms with Crippen molar-refractivity contribution in [3.05, 3.63) is 35.4 Å². The van der Waals surface area contributed by atoms with E-state index in [0.717, 1.165) is 24.2 Å². The first-order valence-corrected chi connectivity index (χ1v) is 5.92. The highest BCUT2D eigenvalue weighted by molar-refractivity contribution is 5.57. The van der Waals surface area contributed by atoms with Gasteiger partial charge in [-0.05, 0) is 37.1 Å². The Balaban J connectivity index is 1.92. The predicted molar refractivity (Wildman–Crippen MR) is 62.6 cm³/mol. The van der Waals surface area contributed by atoms with Crippen molar-refractivity contribution in [1.29, 1.82) is 0 Å². The highest BCUT2D eigenvalue weighted by atomic mass is 19.1. The van der Waals surface area contributed by atoms with E-state index in [9.17, 15) is 4.39 Å². The highest BCUT2D eigenvalue weighted by Crippen LogP contribution is 2.27. The lowest BCUT2D eigenvalue weighted by Gasteiger charge is -2.00. The fourth-order valence-corrected chi connectivity index (χ4v) is 2.12. The molecule has 1 fully saturated rings. The summed E-state index contributed by atoms with van der Waals surface area (Å²) in [5.41, 5.74) is 1.56. The molecule has 0 radical (unpaired) electrons. The van der Waals surface area contributed by atoms with Crippen LogP contribution < -0.4 is 0 Å². The molecule has 0 bridgehead atoms. The summed E-state index contributed by atoms with van der Waals surface area (Å²) in [6.07, 6.45) is 0.918. The first-order valence-electron chi connectivity index (χ1n) is 5.92. The molecule has 18 heavy (non-hydrogen) atoms. The minimum absolute atomic E-state index is 0.211. The zero-order chi connectivity index (χ0) is 12.5. The molecule has 1 saturated heterocycles. The largest absolute Gasteiger partial charge is 0.381 e. The van der Waals surface area contributed by atoms with Crippen molar-refractivity contribution in [2.75, 3.05) is 13.2 Å². The van der Waals surface area contributed by atoms with E-state index in [0.29, 0.717) is 18.3 Å². The Labute approximate surface area is 104 Å². The van der Waals surface area contributed by atoms with Gasteiger partial charge in [0.2, 0.25) is 0 Å². The van der Waals surface area contributed by atoms with E-state index < -0.39 is 0 Å². The molecule has 1 aromatic heterocycles. The molecule has 0 N–H and O–H groups in total. The normalized spacial score (nSPS) is 19.3. The van der Waals surface area contributed by atoms with Crippen molar-refractivity contribution in [3.63, 3.8) is 0 Å². The van der Waals surface area contributed by atoms with E-state index in [2.05, 4.69) is 10.1 Å². The number of hydrogen-bond donors (Lipinski definition) is 0. The number of hydrogen-bond acceptors (Lipinski definition) is 4. The third-order valence-electron chi connectivity index (χ3n) is 3.16. The van der Waals surface area contributed by atoms with Crippen molar-refractivity contribution >= 4 is 0 Å². The standard InChI is InChI=1S/C13H13FN2O2/c1-8-6-10(14)2-3-11(8)13-15-12(16-18-13)9-4-5-17-7-9/h2-3,6,9H,4-5,7H2,1H3/t9-/m1/s1. The van der Waals surface area contributed by atoms with Crippen molar-refractivity contribution in [2.24, 2.45) is 0 Å². The molecule has 0 aliphatic carbocycles. The maximum atomic E-state index is 13.0. The van der Waals surface area contributed by atoms with Crippen molar-refractivity contribution in [1.82, 2.24) is 10.1 Å². The Morgan fingerprint density at radius 2 is 2.28 bits per heavy atom. The van der Waals surface area contributed by atoms with Crippen LogP contribution in [-0.2, 0) is 4.74 Å². The van der Waals surface area contributed by atoms with Crippen molar-refractivity contribution in [2.45, 2.75) is 19.3 Å². The minimum atomic E-state index is -0.264. The maximum absolute atomic E-state index is 13.0. The summed E-state index contributed by atoms with van der Waals surface area (Å²) in [5.74, 6) is 1.06. The van der Waals surface area contributed by atoms with Crippen LogP contribution in [0.1, 0.15) is 23.7 Å². The molecule has 1 aliphatic rings. The lowest BCUT2D eigenvalue weighted by atomic mass is 10.1. The minimum Gasteiger partial charge on any atom is -0.381 e. The quantitative estimate of drug-likeness (QED) is 0.819. The molecule has 94 valence electrons. The molecular weight excluding hydrogens is 235 g/mol. The third kappa shape index (κ3) is 2.01. The molecule has 1 aromatic carbocycles. The topological polar surface area (TPSA) is 48.2 Å². The number of aromatic nitrogens is 2. The smallest absolute Gasteiger partial charge is 0.258 e. The molecule has 3 rings (SSSR count). The van der Waals surface area contributed by atoms with Gasteiger partial charge in [0.1, 0.15) is 5.82 Å². The summed E-state index contributed by atoms with van der Waals surface area (Å²) < 4.78 is 23.6. The predicted octanol–water partition coefficient (Wildman–Crippen LogP) is 2.69. The molecule has 0 saturated carbocycles. The second kappa shape index (κ2) is 4.49. The van der Waals surface area contributed by atoms with Gasteiger partial charge < -0.3 is 9.26 Å². The Morgan fingerprint density at radius 1 is 1.39 bits per heavy atom. The van der Waals surface area contributed by atoms with E-state index in [1.54, 1.807) is 6.07 Å². The molecule has 0 amide bonds. The van der Waals surface area contributed by atoms with Crippen molar-refractivity contribution in [3.8, 4) is 11.5 Å². The van der Waals surface area contributed by atoms with Gasteiger partial charge in [0.05, 0.1) is 6.61 Å². The number of rotatable bonds is 2. The van der Waals surface area contributed by atoms with Crippen LogP contribution in [0.5, 0.6) is 0 Å². The maximum Gasteiger partial charge on any atom is 0.258 e. The summed E-state index contributed by atoms with van der Waals surface area (Å²) >= 11 is 0. The molecule has 1 atom stereocenters. The Bertz CT molecular complexity index is 562. The number of ether oxygens (including phenoxy) is 1. The second-order valence-electron chi connectivity index (χ2n) is 4.48. The highest BCUT2D eigenvalue weighted by Gasteiger charge is 2.23. The fourth-order valence-electron chi connectivity index (χ4n) is 2.12. The summed E-state index contributed by atoms with van der Waals surface area (Å²) in [7, 11) is 0. The van der Waals surface area contributed by atoms with Crippen LogP contribution in [0.15, 0.2) is 22.7 Å². The number of benzene rings is 1. The lowest BCUT2D eigenvalue weighted by Crippen LogP contribution is -1.99. The lowest BCUT2D eigenvalue weighted by molar-refractivity contribution is 0.192.